The number of ketones is 2. The van der Waals surface area contributed by atoms with Gasteiger partial charge >= 0.3 is 0 Å². The van der Waals surface area contributed by atoms with Gasteiger partial charge in [0.1, 0.15) is 0 Å². The number of hydrogen-bond acceptors (Lipinski definition) is 6. The number of aryl methyl sites for hydroxylation is 1. The van der Waals surface area contributed by atoms with Crippen LogP contribution < -0.4 is 4.90 Å². The first-order chi connectivity index (χ1) is 17.0. The smallest absolute Gasteiger partial charge is 0.296 e. The Kier molecular flexibility index (Phi) is 6.78. The molecule has 184 valence electrons. The van der Waals surface area contributed by atoms with Crippen molar-refractivity contribution in [3.05, 3.63) is 99.3 Å². The Bertz CT molecular complexity index is 1390. The summed E-state index contributed by atoms with van der Waals surface area (Å²) < 4.78 is 0. The van der Waals surface area contributed by atoms with Crippen LogP contribution in [0.1, 0.15) is 65.8 Å². The van der Waals surface area contributed by atoms with Crippen molar-refractivity contribution in [3.8, 4) is 0 Å². The molecule has 0 saturated carbocycles. The van der Waals surface area contributed by atoms with Crippen LogP contribution in [-0.2, 0) is 15.0 Å². The number of carbonyl (C=O) groups excluding carboxylic acids is 3. The molecule has 1 aromatic heterocycles. The highest BCUT2D eigenvalue weighted by atomic mass is 32.1. The largest absolute Gasteiger partial charge is 0.503 e. The van der Waals surface area contributed by atoms with Crippen LogP contribution in [0.3, 0.4) is 0 Å². The number of aromatic nitrogens is 1. The molecule has 0 spiro atoms. The quantitative estimate of drug-likeness (QED) is 0.325. The van der Waals surface area contributed by atoms with Crippen LogP contribution in [0.4, 0.5) is 5.13 Å². The van der Waals surface area contributed by atoms with E-state index in [1.165, 1.54) is 17.9 Å². The zero-order valence-corrected chi connectivity index (χ0v) is 21.7. The van der Waals surface area contributed by atoms with Crippen molar-refractivity contribution >= 4 is 40.0 Å². The van der Waals surface area contributed by atoms with Gasteiger partial charge in [-0.2, -0.15) is 0 Å². The van der Waals surface area contributed by atoms with Gasteiger partial charge in [0.25, 0.3) is 5.91 Å². The van der Waals surface area contributed by atoms with Crippen LogP contribution in [0.5, 0.6) is 0 Å². The van der Waals surface area contributed by atoms with Gasteiger partial charge in [0.15, 0.2) is 22.5 Å². The molecule has 2 aromatic carbocycles. The number of amides is 1. The fourth-order valence-electron chi connectivity index (χ4n) is 4.17. The van der Waals surface area contributed by atoms with Crippen molar-refractivity contribution in [3.63, 3.8) is 0 Å². The van der Waals surface area contributed by atoms with Gasteiger partial charge in [-0.25, -0.2) is 4.98 Å². The molecular formula is C29H28N2O4S. The minimum Gasteiger partial charge on any atom is -0.503 e. The summed E-state index contributed by atoms with van der Waals surface area (Å²) in [6.45, 7) is 9.45. The molecule has 0 saturated heterocycles. The summed E-state index contributed by atoms with van der Waals surface area (Å²) in [6.07, 6.45) is 3.01. The number of carbonyl (C=O) groups is 3. The number of aliphatic hydroxyl groups excluding tert-OH is 1. The molecule has 36 heavy (non-hydrogen) atoms. The Morgan fingerprint density at radius 3 is 2.25 bits per heavy atom. The van der Waals surface area contributed by atoms with E-state index in [1.54, 1.807) is 13.0 Å². The molecule has 3 aromatic rings. The second-order valence-electron chi connectivity index (χ2n) is 9.79. The highest BCUT2D eigenvalue weighted by molar-refractivity contribution is 7.17. The summed E-state index contributed by atoms with van der Waals surface area (Å²) in [6, 6.07) is 16.1. The topological polar surface area (TPSA) is 87.6 Å². The fraction of sp³-hybridized carbons (Fsp3) is 0.241. The van der Waals surface area contributed by atoms with Crippen LogP contribution in [0.25, 0.3) is 6.08 Å². The van der Waals surface area contributed by atoms with Gasteiger partial charge in [-0.1, -0.05) is 92.8 Å². The van der Waals surface area contributed by atoms with E-state index in [4.69, 9.17) is 0 Å². The standard InChI is InChI=1S/C29H28N2O4S/c1-17-26(18(2)32)36-28(30-17)31-24(20-12-14-21(15-13-20)29(3,4)5)23(25(34)27(31)35)22(33)16-11-19-9-7-6-8-10-19/h6-16,24,34H,1-5H3/b16-11+. The molecule has 0 fully saturated rings. The Morgan fingerprint density at radius 2 is 1.69 bits per heavy atom. The summed E-state index contributed by atoms with van der Waals surface area (Å²) in [5.74, 6) is -1.97. The van der Waals surface area contributed by atoms with E-state index >= 15 is 0 Å². The predicted molar refractivity (Wildman–Crippen MR) is 142 cm³/mol. The molecule has 1 atom stereocenters. The molecule has 1 aliphatic rings. The van der Waals surface area contributed by atoms with Crippen molar-refractivity contribution in [2.75, 3.05) is 4.90 Å². The molecule has 2 heterocycles. The normalized spacial score (nSPS) is 16.3. The molecule has 1 aliphatic heterocycles. The third kappa shape index (κ3) is 4.79. The first-order valence-corrected chi connectivity index (χ1v) is 12.4. The summed E-state index contributed by atoms with van der Waals surface area (Å²) in [5.41, 5.74) is 2.97. The van der Waals surface area contributed by atoms with Crippen molar-refractivity contribution in [1.82, 2.24) is 4.98 Å². The van der Waals surface area contributed by atoms with Gasteiger partial charge in [0.05, 0.1) is 22.2 Å². The van der Waals surface area contributed by atoms with Gasteiger partial charge in [0.2, 0.25) is 0 Å². The fourth-order valence-corrected chi connectivity index (χ4v) is 5.16. The lowest BCUT2D eigenvalue weighted by molar-refractivity contribution is -0.117. The number of hydrogen-bond donors (Lipinski definition) is 1. The van der Waals surface area contributed by atoms with E-state index in [0.717, 1.165) is 22.5 Å². The second-order valence-corrected chi connectivity index (χ2v) is 10.8. The summed E-state index contributed by atoms with van der Waals surface area (Å²) in [5, 5.41) is 11.2. The predicted octanol–water partition coefficient (Wildman–Crippen LogP) is 6.13. The Balaban J connectivity index is 1.82. The van der Waals surface area contributed by atoms with Gasteiger partial charge in [-0.05, 0) is 35.1 Å². The number of allylic oxidation sites excluding steroid dienone is 1. The highest BCUT2D eigenvalue weighted by Gasteiger charge is 2.45. The Labute approximate surface area is 214 Å². The third-order valence-electron chi connectivity index (χ3n) is 6.10. The minimum atomic E-state index is -0.884. The average molecular weight is 501 g/mol. The average Bonchev–Trinajstić information content (AvgIpc) is 3.35. The van der Waals surface area contributed by atoms with Crippen molar-refractivity contribution in [2.24, 2.45) is 0 Å². The number of Topliss-reactive ketones (excluding diaryl/α,β-unsaturated/α-hetero) is 1. The number of thiazole rings is 1. The lowest BCUT2D eigenvalue weighted by atomic mass is 9.85. The minimum absolute atomic E-state index is 0.0204. The number of rotatable bonds is 6. The summed E-state index contributed by atoms with van der Waals surface area (Å²) >= 11 is 1.08. The maximum absolute atomic E-state index is 13.4. The SMILES string of the molecule is CC(=O)c1sc(N2C(=O)C(O)=C(C(=O)/C=C/c3ccccc3)C2c2ccc(C(C)(C)C)cc2)nc1C. The molecule has 6 nitrogen and oxygen atoms in total. The zero-order valence-electron chi connectivity index (χ0n) is 20.9. The summed E-state index contributed by atoms with van der Waals surface area (Å²) in [7, 11) is 0. The maximum Gasteiger partial charge on any atom is 0.296 e. The van der Waals surface area contributed by atoms with E-state index < -0.39 is 23.5 Å². The molecule has 1 unspecified atom stereocenters. The van der Waals surface area contributed by atoms with E-state index in [2.05, 4.69) is 25.8 Å². The highest BCUT2D eigenvalue weighted by Crippen LogP contribution is 2.43. The molecule has 7 heteroatoms. The molecule has 0 aliphatic carbocycles. The number of nitrogens with zero attached hydrogens (tertiary/aromatic N) is 2. The van der Waals surface area contributed by atoms with Crippen LogP contribution in [0, 0.1) is 6.92 Å². The van der Waals surface area contributed by atoms with Gasteiger partial charge < -0.3 is 5.11 Å². The Morgan fingerprint density at radius 1 is 1.06 bits per heavy atom. The van der Waals surface area contributed by atoms with Crippen molar-refractivity contribution < 1.29 is 19.5 Å². The molecule has 1 N–H and O–H groups in total. The lowest BCUT2D eigenvalue weighted by Crippen LogP contribution is -2.31. The van der Waals surface area contributed by atoms with Gasteiger partial charge in [-0.15, -0.1) is 0 Å². The van der Waals surface area contributed by atoms with Crippen LogP contribution >= 0.6 is 11.3 Å². The van der Waals surface area contributed by atoms with Crippen LogP contribution in [0.2, 0.25) is 0 Å². The maximum atomic E-state index is 13.4. The number of aliphatic hydroxyl groups is 1. The molecule has 0 bridgehead atoms. The summed E-state index contributed by atoms with van der Waals surface area (Å²) in [4.78, 5) is 45.0. The van der Waals surface area contributed by atoms with Crippen molar-refractivity contribution in [1.29, 1.82) is 0 Å². The van der Waals surface area contributed by atoms with E-state index in [9.17, 15) is 19.5 Å². The van der Waals surface area contributed by atoms with E-state index in [-0.39, 0.29) is 21.9 Å². The number of anilines is 1. The Hall–Kier alpha value is -3.84. The monoisotopic (exact) mass is 500 g/mol. The van der Waals surface area contributed by atoms with E-state index in [1.807, 2.05) is 54.6 Å². The van der Waals surface area contributed by atoms with Crippen molar-refractivity contribution in [2.45, 2.75) is 46.1 Å². The van der Waals surface area contributed by atoms with E-state index in [0.29, 0.717) is 16.1 Å². The van der Waals surface area contributed by atoms with Gasteiger partial charge in [-0.3, -0.25) is 19.3 Å². The molecule has 4 rings (SSSR count). The number of benzene rings is 2. The zero-order chi connectivity index (χ0) is 26.2. The molecule has 0 radical (unpaired) electrons. The first kappa shape index (κ1) is 25.3. The van der Waals surface area contributed by atoms with Crippen LogP contribution in [-0.4, -0.2) is 27.6 Å². The lowest BCUT2D eigenvalue weighted by Gasteiger charge is -2.25. The first-order valence-electron chi connectivity index (χ1n) is 11.6. The van der Waals surface area contributed by atoms with Crippen LogP contribution in [0.15, 0.2) is 72.0 Å². The third-order valence-corrected chi connectivity index (χ3v) is 7.36. The molecule has 1 amide bonds. The molecular weight excluding hydrogens is 472 g/mol. The second kappa shape index (κ2) is 9.66. The van der Waals surface area contributed by atoms with Gasteiger partial charge in [0, 0.05) is 6.92 Å².